The van der Waals surface area contributed by atoms with Crippen LogP contribution in [0.5, 0.6) is 0 Å². The number of carboxylic acid groups (broad SMARTS) is 1. The van der Waals surface area contributed by atoms with E-state index in [4.69, 9.17) is 5.11 Å². The first-order chi connectivity index (χ1) is 7.02. The van der Waals surface area contributed by atoms with Crippen LogP contribution in [0.2, 0.25) is 0 Å². The second kappa shape index (κ2) is 3.36. The molecule has 0 saturated heterocycles. The van der Waals surface area contributed by atoms with E-state index in [1.165, 1.54) is 11.3 Å². The highest BCUT2D eigenvalue weighted by atomic mass is 16.4. The molecular weight excluding hydrogens is 192 g/mol. The van der Waals surface area contributed by atoms with E-state index < -0.39 is 5.97 Å². The standard InChI is InChI=1S/C11H16N2O2/c1-6(11(14)15)8-4-5-9-10(8)7(2)12-13(9)3/h6,8H,4-5H2,1-3H3,(H,14,15). The summed E-state index contributed by atoms with van der Waals surface area (Å²) < 4.78 is 1.89. The number of aryl methyl sites for hydroxylation is 2. The first kappa shape index (κ1) is 10.2. The van der Waals surface area contributed by atoms with Crippen LogP contribution in [0.25, 0.3) is 0 Å². The fourth-order valence-electron chi connectivity index (χ4n) is 2.61. The number of aromatic nitrogens is 2. The van der Waals surface area contributed by atoms with Crippen LogP contribution >= 0.6 is 0 Å². The van der Waals surface area contributed by atoms with Crippen molar-refractivity contribution in [3.63, 3.8) is 0 Å². The molecule has 0 aromatic carbocycles. The minimum Gasteiger partial charge on any atom is -0.481 e. The topological polar surface area (TPSA) is 55.1 Å². The molecule has 1 aromatic rings. The molecule has 0 radical (unpaired) electrons. The molecule has 0 aliphatic heterocycles. The van der Waals surface area contributed by atoms with Gasteiger partial charge in [0.15, 0.2) is 0 Å². The molecular formula is C11H16N2O2. The van der Waals surface area contributed by atoms with Gasteiger partial charge in [-0.05, 0) is 19.8 Å². The molecule has 0 spiro atoms. The maximum atomic E-state index is 11.0. The fourth-order valence-corrected chi connectivity index (χ4v) is 2.61. The van der Waals surface area contributed by atoms with E-state index in [0.29, 0.717) is 0 Å². The predicted molar refractivity (Wildman–Crippen MR) is 55.8 cm³/mol. The maximum Gasteiger partial charge on any atom is 0.306 e. The van der Waals surface area contributed by atoms with Gasteiger partial charge >= 0.3 is 5.97 Å². The van der Waals surface area contributed by atoms with E-state index in [0.717, 1.165) is 18.5 Å². The number of rotatable bonds is 2. The summed E-state index contributed by atoms with van der Waals surface area (Å²) in [6.07, 6.45) is 1.89. The summed E-state index contributed by atoms with van der Waals surface area (Å²) in [5, 5.41) is 13.4. The minimum absolute atomic E-state index is 0.145. The van der Waals surface area contributed by atoms with E-state index in [9.17, 15) is 4.79 Å². The van der Waals surface area contributed by atoms with Crippen LogP contribution in [0.15, 0.2) is 0 Å². The number of carbonyl (C=O) groups is 1. The van der Waals surface area contributed by atoms with Crippen molar-refractivity contribution in [3.05, 3.63) is 17.0 Å². The number of hydrogen-bond acceptors (Lipinski definition) is 2. The van der Waals surface area contributed by atoms with Gasteiger partial charge in [0, 0.05) is 24.2 Å². The van der Waals surface area contributed by atoms with E-state index in [2.05, 4.69) is 5.10 Å². The summed E-state index contributed by atoms with van der Waals surface area (Å²) in [6, 6.07) is 0. The van der Waals surface area contributed by atoms with Gasteiger partial charge < -0.3 is 5.11 Å². The Morgan fingerprint density at radius 2 is 2.33 bits per heavy atom. The van der Waals surface area contributed by atoms with Gasteiger partial charge in [-0.3, -0.25) is 9.48 Å². The van der Waals surface area contributed by atoms with Crippen molar-refractivity contribution in [1.82, 2.24) is 9.78 Å². The number of nitrogens with zero attached hydrogens (tertiary/aromatic N) is 2. The fraction of sp³-hybridized carbons (Fsp3) is 0.636. The largest absolute Gasteiger partial charge is 0.481 e. The lowest BCUT2D eigenvalue weighted by Gasteiger charge is -2.15. The van der Waals surface area contributed by atoms with Crippen molar-refractivity contribution in [2.75, 3.05) is 0 Å². The quantitative estimate of drug-likeness (QED) is 0.800. The van der Waals surface area contributed by atoms with Crippen LogP contribution < -0.4 is 0 Å². The van der Waals surface area contributed by atoms with Crippen LogP contribution in [-0.2, 0) is 18.3 Å². The summed E-state index contributed by atoms with van der Waals surface area (Å²) >= 11 is 0. The van der Waals surface area contributed by atoms with Crippen molar-refractivity contribution in [2.24, 2.45) is 13.0 Å². The lowest BCUT2D eigenvalue weighted by atomic mass is 9.89. The lowest BCUT2D eigenvalue weighted by molar-refractivity contribution is -0.141. The molecule has 2 unspecified atom stereocenters. The highest BCUT2D eigenvalue weighted by Gasteiger charge is 2.34. The van der Waals surface area contributed by atoms with E-state index in [1.54, 1.807) is 6.92 Å². The summed E-state index contributed by atoms with van der Waals surface area (Å²) in [5.74, 6) is -0.878. The number of aliphatic carboxylic acids is 1. The van der Waals surface area contributed by atoms with E-state index in [1.807, 2.05) is 18.7 Å². The molecule has 0 fully saturated rings. The van der Waals surface area contributed by atoms with Crippen LogP contribution in [0, 0.1) is 12.8 Å². The molecule has 2 atom stereocenters. The van der Waals surface area contributed by atoms with E-state index in [-0.39, 0.29) is 11.8 Å². The van der Waals surface area contributed by atoms with Crippen LogP contribution in [0.3, 0.4) is 0 Å². The molecule has 1 N–H and O–H groups in total. The van der Waals surface area contributed by atoms with Gasteiger partial charge in [0.25, 0.3) is 0 Å². The average Bonchev–Trinajstić information content (AvgIpc) is 2.69. The third-order valence-corrected chi connectivity index (χ3v) is 3.45. The Morgan fingerprint density at radius 1 is 1.67 bits per heavy atom. The first-order valence-electron chi connectivity index (χ1n) is 5.27. The molecule has 82 valence electrons. The molecule has 0 amide bonds. The molecule has 2 rings (SSSR count). The van der Waals surface area contributed by atoms with Gasteiger partial charge in [0.05, 0.1) is 11.6 Å². The molecule has 1 aromatic heterocycles. The summed E-state index contributed by atoms with van der Waals surface area (Å²) in [4.78, 5) is 11.0. The normalized spacial score (nSPS) is 21.4. The van der Waals surface area contributed by atoms with Gasteiger partial charge in [-0.1, -0.05) is 6.92 Å². The van der Waals surface area contributed by atoms with Crippen molar-refractivity contribution >= 4 is 5.97 Å². The van der Waals surface area contributed by atoms with Gasteiger partial charge in [-0.25, -0.2) is 0 Å². The SMILES string of the molecule is Cc1nn(C)c2c1C(C(C)C(=O)O)CC2. The minimum atomic E-state index is -0.712. The highest BCUT2D eigenvalue weighted by Crippen LogP contribution is 2.39. The second-order valence-electron chi connectivity index (χ2n) is 4.34. The number of hydrogen-bond donors (Lipinski definition) is 1. The molecule has 0 bridgehead atoms. The predicted octanol–water partition coefficient (Wildman–Crippen LogP) is 1.48. The Hall–Kier alpha value is -1.32. The summed E-state index contributed by atoms with van der Waals surface area (Å²) in [7, 11) is 1.93. The van der Waals surface area contributed by atoms with Gasteiger partial charge in [0.1, 0.15) is 0 Å². The zero-order valence-corrected chi connectivity index (χ0v) is 9.32. The van der Waals surface area contributed by atoms with E-state index >= 15 is 0 Å². The Labute approximate surface area is 88.9 Å². The van der Waals surface area contributed by atoms with Gasteiger partial charge in [-0.15, -0.1) is 0 Å². The van der Waals surface area contributed by atoms with Crippen molar-refractivity contribution in [3.8, 4) is 0 Å². The van der Waals surface area contributed by atoms with Crippen LogP contribution in [0.1, 0.15) is 36.2 Å². The number of carboxylic acids is 1. The molecule has 4 heteroatoms. The summed E-state index contributed by atoms with van der Waals surface area (Å²) in [6.45, 7) is 3.75. The molecule has 4 nitrogen and oxygen atoms in total. The van der Waals surface area contributed by atoms with Crippen LogP contribution in [0.4, 0.5) is 0 Å². The monoisotopic (exact) mass is 208 g/mol. The first-order valence-corrected chi connectivity index (χ1v) is 5.27. The van der Waals surface area contributed by atoms with Gasteiger partial charge in [-0.2, -0.15) is 5.10 Å². The number of fused-ring (bicyclic) bond motifs is 1. The highest BCUT2D eigenvalue weighted by molar-refractivity contribution is 5.71. The Bertz CT molecular complexity index is 409. The third kappa shape index (κ3) is 1.44. The molecule has 1 aliphatic rings. The van der Waals surface area contributed by atoms with Crippen LogP contribution in [-0.4, -0.2) is 20.9 Å². The maximum absolute atomic E-state index is 11.0. The van der Waals surface area contributed by atoms with Crippen molar-refractivity contribution < 1.29 is 9.90 Å². The molecule has 1 heterocycles. The summed E-state index contributed by atoms with van der Waals surface area (Å²) in [5.41, 5.74) is 3.38. The van der Waals surface area contributed by atoms with Gasteiger partial charge in [0.2, 0.25) is 0 Å². The lowest BCUT2D eigenvalue weighted by Crippen LogP contribution is -2.17. The second-order valence-corrected chi connectivity index (χ2v) is 4.34. The Balaban J connectivity index is 2.39. The third-order valence-electron chi connectivity index (χ3n) is 3.45. The molecule has 0 saturated carbocycles. The smallest absolute Gasteiger partial charge is 0.306 e. The zero-order valence-electron chi connectivity index (χ0n) is 9.32. The Morgan fingerprint density at radius 3 is 2.93 bits per heavy atom. The average molecular weight is 208 g/mol. The Kier molecular flexibility index (Phi) is 2.29. The van der Waals surface area contributed by atoms with Crippen molar-refractivity contribution in [2.45, 2.75) is 32.6 Å². The molecule has 15 heavy (non-hydrogen) atoms. The molecule has 1 aliphatic carbocycles. The van der Waals surface area contributed by atoms with Crippen molar-refractivity contribution in [1.29, 1.82) is 0 Å². The zero-order chi connectivity index (χ0) is 11.2.